The molecule has 0 bridgehead atoms. The Morgan fingerprint density at radius 2 is 2.00 bits per heavy atom. The summed E-state index contributed by atoms with van der Waals surface area (Å²) in [6, 6.07) is 5.54. The number of ether oxygens (including phenoxy) is 2. The molecule has 0 radical (unpaired) electrons. The van der Waals surface area contributed by atoms with E-state index in [1.165, 1.54) is 0 Å². The van der Waals surface area contributed by atoms with Gasteiger partial charge in [0.05, 0.1) is 7.11 Å². The molecule has 3 heteroatoms. The number of halogens is 1. The van der Waals surface area contributed by atoms with Crippen LogP contribution in [0.3, 0.4) is 0 Å². The molecule has 0 amide bonds. The predicted octanol–water partition coefficient (Wildman–Crippen LogP) is 3.25. The molecule has 0 saturated carbocycles. The van der Waals surface area contributed by atoms with Crippen molar-refractivity contribution in [2.45, 2.75) is 19.4 Å². The number of benzene rings is 1. The maximum Gasteiger partial charge on any atom is 0.164 e. The summed E-state index contributed by atoms with van der Waals surface area (Å²) in [6.45, 7) is 3.65. The quantitative estimate of drug-likeness (QED) is 0.784. The Morgan fingerprint density at radius 1 is 1.33 bits per heavy atom. The Kier molecular flexibility index (Phi) is 3.65. The molecule has 0 atom stereocenters. The Morgan fingerprint density at radius 3 is 2.53 bits per heavy atom. The van der Waals surface area contributed by atoms with Crippen molar-refractivity contribution < 1.29 is 9.47 Å². The monoisotopic (exact) mass is 268 g/mol. The van der Waals surface area contributed by atoms with E-state index >= 15 is 0 Å². The molecule has 2 nitrogen and oxygen atoms in total. The van der Waals surface area contributed by atoms with Crippen molar-refractivity contribution in [2.75, 3.05) is 7.11 Å². The molecule has 0 fully saturated rings. The Balaban J connectivity index is 3.03. The maximum absolute atomic E-state index is 5.66. The Bertz CT molecular complexity index is 391. The van der Waals surface area contributed by atoms with Gasteiger partial charge in [-0.1, -0.05) is 21.9 Å². The Hall–Kier alpha value is -1.14. The van der Waals surface area contributed by atoms with Crippen LogP contribution in [0.2, 0.25) is 0 Å². The van der Waals surface area contributed by atoms with Gasteiger partial charge in [0.1, 0.15) is 0 Å². The molecule has 0 aliphatic rings. The van der Waals surface area contributed by atoms with Gasteiger partial charge >= 0.3 is 0 Å². The number of terminal acetylenes is 1. The van der Waals surface area contributed by atoms with Crippen LogP contribution >= 0.6 is 15.9 Å². The summed E-state index contributed by atoms with van der Waals surface area (Å²) < 4.78 is 11.8. The fraction of sp³-hybridized carbons (Fsp3) is 0.333. The molecule has 0 aromatic heterocycles. The lowest BCUT2D eigenvalue weighted by molar-refractivity contribution is 0.165. The molecular formula is C12H13BrO2. The highest BCUT2D eigenvalue weighted by Crippen LogP contribution is 2.32. The molecule has 1 aromatic rings. The fourth-order valence-electron chi connectivity index (χ4n) is 1.03. The molecule has 0 aliphatic heterocycles. The molecule has 1 rings (SSSR count). The van der Waals surface area contributed by atoms with E-state index in [4.69, 9.17) is 15.9 Å². The van der Waals surface area contributed by atoms with Gasteiger partial charge in [0.15, 0.2) is 17.1 Å². The first-order valence-electron chi connectivity index (χ1n) is 4.49. The van der Waals surface area contributed by atoms with Gasteiger partial charge in [-0.05, 0) is 32.0 Å². The van der Waals surface area contributed by atoms with Crippen LogP contribution in [0.1, 0.15) is 13.8 Å². The third-order valence-electron chi connectivity index (χ3n) is 1.84. The second-order valence-corrected chi connectivity index (χ2v) is 4.47. The minimum Gasteiger partial charge on any atom is -0.493 e. The van der Waals surface area contributed by atoms with Gasteiger partial charge in [0, 0.05) is 4.47 Å². The third kappa shape index (κ3) is 3.17. The number of hydrogen-bond donors (Lipinski definition) is 0. The molecule has 80 valence electrons. The minimum absolute atomic E-state index is 0.634. The molecule has 0 aliphatic carbocycles. The lowest BCUT2D eigenvalue weighted by Crippen LogP contribution is -2.25. The first-order valence-corrected chi connectivity index (χ1v) is 5.28. The van der Waals surface area contributed by atoms with Crippen LogP contribution in [0, 0.1) is 12.3 Å². The van der Waals surface area contributed by atoms with Crippen molar-refractivity contribution in [3.05, 3.63) is 22.7 Å². The number of methoxy groups -OCH3 is 1. The van der Waals surface area contributed by atoms with E-state index in [0.717, 1.165) is 4.47 Å². The van der Waals surface area contributed by atoms with E-state index in [1.54, 1.807) is 7.11 Å². The van der Waals surface area contributed by atoms with Gasteiger partial charge in [-0.25, -0.2) is 0 Å². The zero-order valence-electron chi connectivity index (χ0n) is 9.00. The molecule has 1 aromatic carbocycles. The summed E-state index contributed by atoms with van der Waals surface area (Å²) >= 11 is 3.37. The van der Waals surface area contributed by atoms with Crippen LogP contribution in [-0.2, 0) is 0 Å². The van der Waals surface area contributed by atoms with Crippen LogP contribution in [0.15, 0.2) is 22.7 Å². The van der Waals surface area contributed by atoms with Gasteiger partial charge in [0.25, 0.3) is 0 Å². The highest BCUT2D eigenvalue weighted by molar-refractivity contribution is 9.10. The van der Waals surface area contributed by atoms with E-state index in [2.05, 4.69) is 21.9 Å². The van der Waals surface area contributed by atoms with Crippen LogP contribution in [0.5, 0.6) is 11.5 Å². The average molecular weight is 269 g/mol. The molecule has 0 unspecified atom stereocenters. The van der Waals surface area contributed by atoms with Crippen molar-refractivity contribution in [2.24, 2.45) is 0 Å². The molecular weight excluding hydrogens is 256 g/mol. The predicted molar refractivity (Wildman–Crippen MR) is 64.2 cm³/mol. The van der Waals surface area contributed by atoms with Crippen LogP contribution in [0.25, 0.3) is 0 Å². The first kappa shape index (κ1) is 11.9. The van der Waals surface area contributed by atoms with Gasteiger partial charge in [-0.2, -0.15) is 0 Å². The summed E-state index contributed by atoms with van der Waals surface area (Å²) in [7, 11) is 1.60. The molecule has 15 heavy (non-hydrogen) atoms. The fourth-order valence-corrected chi connectivity index (χ4v) is 1.37. The van der Waals surface area contributed by atoms with Crippen LogP contribution < -0.4 is 9.47 Å². The van der Waals surface area contributed by atoms with E-state index in [1.807, 2.05) is 32.0 Å². The summed E-state index contributed by atoms with van der Waals surface area (Å²) in [4.78, 5) is 0. The van der Waals surface area contributed by atoms with Gasteiger partial charge < -0.3 is 9.47 Å². The van der Waals surface area contributed by atoms with E-state index in [9.17, 15) is 0 Å². The molecule has 0 spiro atoms. The highest BCUT2D eigenvalue weighted by atomic mass is 79.9. The zero-order valence-corrected chi connectivity index (χ0v) is 10.6. The van der Waals surface area contributed by atoms with Crippen LogP contribution in [0.4, 0.5) is 0 Å². The van der Waals surface area contributed by atoms with Gasteiger partial charge in [-0.15, -0.1) is 6.42 Å². The lowest BCUT2D eigenvalue weighted by Gasteiger charge is -2.21. The third-order valence-corrected chi connectivity index (χ3v) is 2.33. The van der Waals surface area contributed by atoms with Crippen LogP contribution in [-0.4, -0.2) is 12.7 Å². The minimum atomic E-state index is -0.645. The largest absolute Gasteiger partial charge is 0.493 e. The second-order valence-electron chi connectivity index (χ2n) is 3.55. The zero-order chi connectivity index (χ0) is 11.5. The second kappa shape index (κ2) is 4.59. The molecule has 0 saturated heterocycles. The summed E-state index contributed by atoms with van der Waals surface area (Å²) in [5.41, 5.74) is -0.645. The summed E-state index contributed by atoms with van der Waals surface area (Å²) in [5.74, 6) is 3.87. The highest BCUT2D eigenvalue weighted by Gasteiger charge is 2.18. The smallest absolute Gasteiger partial charge is 0.164 e. The maximum atomic E-state index is 5.66. The van der Waals surface area contributed by atoms with Crippen molar-refractivity contribution in [1.29, 1.82) is 0 Å². The number of hydrogen-bond acceptors (Lipinski definition) is 2. The molecule has 0 N–H and O–H groups in total. The normalized spacial score (nSPS) is 10.6. The van der Waals surface area contributed by atoms with E-state index in [-0.39, 0.29) is 0 Å². The van der Waals surface area contributed by atoms with Crippen molar-refractivity contribution in [1.82, 2.24) is 0 Å². The summed E-state index contributed by atoms with van der Waals surface area (Å²) in [5, 5.41) is 0. The van der Waals surface area contributed by atoms with Crippen molar-refractivity contribution >= 4 is 15.9 Å². The molecule has 0 heterocycles. The van der Waals surface area contributed by atoms with E-state index < -0.39 is 5.60 Å². The standard InChI is InChI=1S/C12H13BrO2/c1-5-12(2,3)15-11-8-9(13)6-7-10(11)14-4/h1,6-8H,2-4H3. The van der Waals surface area contributed by atoms with Crippen molar-refractivity contribution in [3.8, 4) is 23.8 Å². The van der Waals surface area contributed by atoms with Gasteiger partial charge in [-0.3, -0.25) is 0 Å². The SMILES string of the molecule is C#CC(C)(C)Oc1cc(Br)ccc1OC. The van der Waals surface area contributed by atoms with Crippen molar-refractivity contribution in [3.63, 3.8) is 0 Å². The topological polar surface area (TPSA) is 18.5 Å². The van der Waals surface area contributed by atoms with E-state index in [0.29, 0.717) is 11.5 Å². The lowest BCUT2D eigenvalue weighted by atomic mass is 10.1. The van der Waals surface area contributed by atoms with Gasteiger partial charge in [0.2, 0.25) is 0 Å². The Labute approximate surface area is 98.7 Å². The average Bonchev–Trinajstić information content (AvgIpc) is 2.18. The number of rotatable bonds is 3. The summed E-state index contributed by atoms with van der Waals surface area (Å²) in [6.07, 6.45) is 5.36. The first-order chi connectivity index (χ1) is 6.98.